The molecule has 0 saturated carbocycles. The highest BCUT2D eigenvalue weighted by molar-refractivity contribution is 6.75. The smallest absolute Gasteiger partial charge is 0.269 e. The molecule has 16 heteroatoms. The van der Waals surface area contributed by atoms with Crippen LogP contribution in [0.1, 0.15) is 84.5 Å². The van der Waals surface area contributed by atoms with Gasteiger partial charge in [0.25, 0.3) is 11.6 Å². The number of hydrogen-bond donors (Lipinski definition) is 0. The number of nitro groups is 1. The normalized spacial score (nSPS) is 19.8. The van der Waals surface area contributed by atoms with Crippen molar-refractivity contribution in [2.75, 3.05) is 11.5 Å². The van der Waals surface area contributed by atoms with Gasteiger partial charge in [0.2, 0.25) is 0 Å². The van der Waals surface area contributed by atoms with E-state index >= 15 is 0 Å². The lowest BCUT2D eigenvalue weighted by atomic mass is 10.1. The Morgan fingerprint density at radius 3 is 1.88 bits per heavy atom. The number of fused-ring (bicyclic) bond motifs is 1. The number of imidazole rings is 1. The van der Waals surface area contributed by atoms with Gasteiger partial charge in [-0.25, -0.2) is 15.0 Å². The Morgan fingerprint density at radius 1 is 0.793 bits per heavy atom. The van der Waals surface area contributed by atoms with Crippen LogP contribution in [-0.2, 0) is 24.6 Å². The number of nitro benzene ring substituents is 1. The van der Waals surface area contributed by atoms with E-state index in [9.17, 15) is 14.9 Å². The van der Waals surface area contributed by atoms with Gasteiger partial charge in [0.15, 0.2) is 48.2 Å². The standard InChI is InChI=1S/C42H64N6O7Si3/c1-40(2,3)56(10,11)52-26-32-34(54-57(12,13)41(4,5)6)35(55-58(14,15)42(7,8)9)39(53-32)47-28-45-33-36(43-27-44-37(33)47)46(25-29-19-17-16-18-20-29)38(49)30-21-23-31(24-22-30)48(50)51/h16-24,27-28,32,34-35,39H,25-26H2,1-15H3/t32-,34-,35-,39-/m1/s1. The van der Waals surface area contributed by atoms with E-state index in [4.69, 9.17) is 28.0 Å². The highest BCUT2D eigenvalue weighted by Gasteiger charge is 2.55. The van der Waals surface area contributed by atoms with Gasteiger partial charge in [-0.2, -0.15) is 0 Å². The second-order valence-corrected chi connectivity index (χ2v) is 34.3. The lowest BCUT2D eigenvalue weighted by Gasteiger charge is -2.44. The molecular weight excluding hydrogens is 785 g/mol. The Hall–Kier alpha value is -3.65. The van der Waals surface area contributed by atoms with Crippen molar-refractivity contribution in [1.29, 1.82) is 0 Å². The van der Waals surface area contributed by atoms with Crippen LogP contribution in [0, 0.1) is 10.1 Å². The minimum Gasteiger partial charge on any atom is -0.414 e. The summed E-state index contributed by atoms with van der Waals surface area (Å²) in [6.07, 6.45) is 0.963. The van der Waals surface area contributed by atoms with Crippen molar-refractivity contribution in [3.8, 4) is 0 Å². The van der Waals surface area contributed by atoms with E-state index in [2.05, 4.69) is 107 Å². The van der Waals surface area contributed by atoms with E-state index in [1.165, 1.54) is 35.5 Å². The van der Waals surface area contributed by atoms with Gasteiger partial charge in [-0.05, 0) is 72.1 Å². The molecular formula is C42H64N6O7Si3. The van der Waals surface area contributed by atoms with Crippen LogP contribution in [0.3, 0.4) is 0 Å². The molecule has 5 rings (SSSR count). The Balaban J connectivity index is 1.66. The second kappa shape index (κ2) is 16.4. The molecule has 4 atom stereocenters. The van der Waals surface area contributed by atoms with E-state index < -0.39 is 60.3 Å². The molecule has 0 aliphatic carbocycles. The second-order valence-electron chi connectivity index (χ2n) is 20.0. The molecule has 1 fully saturated rings. The maximum absolute atomic E-state index is 14.4. The van der Waals surface area contributed by atoms with Crippen molar-refractivity contribution in [3.63, 3.8) is 0 Å². The summed E-state index contributed by atoms with van der Waals surface area (Å²) in [4.78, 5) is 41.1. The summed E-state index contributed by atoms with van der Waals surface area (Å²) >= 11 is 0. The van der Waals surface area contributed by atoms with Crippen LogP contribution in [0.4, 0.5) is 11.5 Å². The van der Waals surface area contributed by atoms with E-state index in [0.717, 1.165) is 5.56 Å². The molecule has 0 unspecified atom stereocenters. The molecule has 3 heterocycles. The Bertz CT molecular complexity index is 2070. The van der Waals surface area contributed by atoms with Crippen LogP contribution in [0.2, 0.25) is 54.4 Å². The Morgan fingerprint density at radius 2 is 1.34 bits per heavy atom. The first-order chi connectivity index (χ1) is 26.6. The molecule has 2 aromatic heterocycles. The maximum atomic E-state index is 14.4. The molecule has 4 aromatic rings. The average molecular weight is 849 g/mol. The van der Waals surface area contributed by atoms with Crippen LogP contribution < -0.4 is 4.90 Å². The summed E-state index contributed by atoms with van der Waals surface area (Å²) in [6, 6.07) is 15.1. The number of anilines is 1. The van der Waals surface area contributed by atoms with Crippen LogP contribution >= 0.6 is 0 Å². The molecule has 0 spiro atoms. The van der Waals surface area contributed by atoms with E-state index in [1.54, 1.807) is 6.33 Å². The zero-order valence-corrected chi connectivity index (χ0v) is 40.1. The van der Waals surface area contributed by atoms with Gasteiger partial charge in [0.05, 0.1) is 24.4 Å². The molecule has 0 bridgehead atoms. The monoisotopic (exact) mass is 848 g/mol. The molecule has 0 radical (unpaired) electrons. The summed E-state index contributed by atoms with van der Waals surface area (Å²) in [5.41, 5.74) is 1.88. The summed E-state index contributed by atoms with van der Waals surface area (Å²) in [5, 5.41) is 11.2. The molecule has 13 nitrogen and oxygen atoms in total. The summed E-state index contributed by atoms with van der Waals surface area (Å²) in [6.45, 7) is 34.0. The fourth-order valence-electron chi connectivity index (χ4n) is 5.99. The number of benzene rings is 2. The third-order valence-corrected chi connectivity index (χ3v) is 26.2. The van der Waals surface area contributed by atoms with E-state index in [-0.39, 0.29) is 32.9 Å². The number of aromatic nitrogens is 4. The maximum Gasteiger partial charge on any atom is 0.269 e. The Labute approximate surface area is 347 Å². The van der Waals surface area contributed by atoms with Gasteiger partial charge >= 0.3 is 0 Å². The summed E-state index contributed by atoms with van der Waals surface area (Å²) < 4.78 is 30.6. The zero-order chi connectivity index (χ0) is 43.2. The van der Waals surface area contributed by atoms with Crippen molar-refractivity contribution in [3.05, 3.63) is 88.5 Å². The fraction of sp³-hybridized carbons (Fsp3) is 0.571. The summed E-state index contributed by atoms with van der Waals surface area (Å²) in [7, 11) is -7.03. The molecule has 58 heavy (non-hydrogen) atoms. The molecule has 316 valence electrons. The number of nitrogens with zero attached hydrogens (tertiary/aromatic N) is 6. The molecule has 2 aromatic carbocycles. The van der Waals surface area contributed by atoms with Gasteiger partial charge in [-0.1, -0.05) is 92.6 Å². The van der Waals surface area contributed by atoms with Crippen LogP contribution in [0.5, 0.6) is 0 Å². The third kappa shape index (κ3) is 9.53. The first-order valence-electron chi connectivity index (χ1n) is 20.1. The van der Waals surface area contributed by atoms with E-state index in [0.29, 0.717) is 23.6 Å². The average Bonchev–Trinajstić information content (AvgIpc) is 3.69. The predicted molar refractivity (Wildman–Crippen MR) is 237 cm³/mol. The number of rotatable bonds is 13. The van der Waals surface area contributed by atoms with Crippen molar-refractivity contribution in [1.82, 2.24) is 19.5 Å². The molecule has 1 amide bonds. The number of hydrogen-bond acceptors (Lipinski definition) is 10. The van der Waals surface area contributed by atoms with Gasteiger partial charge in [0, 0.05) is 17.7 Å². The number of carbonyl (C=O) groups is 1. The highest BCUT2D eigenvalue weighted by atomic mass is 28.4. The van der Waals surface area contributed by atoms with Crippen LogP contribution in [0.25, 0.3) is 11.2 Å². The minimum absolute atomic E-state index is 0.0107. The summed E-state index contributed by atoms with van der Waals surface area (Å²) in [5.74, 6) is -0.0991. The van der Waals surface area contributed by atoms with Crippen molar-refractivity contribution >= 4 is 53.5 Å². The lowest BCUT2D eigenvalue weighted by molar-refractivity contribution is -0.384. The minimum atomic E-state index is -2.45. The third-order valence-electron chi connectivity index (χ3n) is 12.8. The van der Waals surface area contributed by atoms with Crippen molar-refractivity contribution < 1.29 is 27.7 Å². The highest BCUT2D eigenvalue weighted by Crippen LogP contribution is 2.47. The quantitative estimate of drug-likeness (QED) is 0.0724. The topological polar surface area (TPSA) is 144 Å². The van der Waals surface area contributed by atoms with Gasteiger partial charge in [0.1, 0.15) is 24.6 Å². The van der Waals surface area contributed by atoms with Crippen molar-refractivity contribution in [2.45, 2.75) is 148 Å². The van der Waals surface area contributed by atoms with E-state index in [1.807, 2.05) is 34.9 Å². The van der Waals surface area contributed by atoms with Gasteiger partial charge < -0.3 is 18.0 Å². The van der Waals surface area contributed by atoms with Crippen LogP contribution in [0.15, 0.2) is 67.3 Å². The number of non-ortho nitro benzene ring substituents is 1. The first-order valence-corrected chi connectivity index (χ1v) is 28.8. The van der Waals surface area contributed by atoms with Gasteiger partial charge in [-0.3, -0.25) is 24.4 Å². The Kier molecular flexibility index (Phi) is 12.9. The van der Waals surface area contributed by atoms with Crippen LogP contribution in [-0.4, -0.2) is 80.2 Å². The molecule has 0 N–H and O–H groups in total. The largest absolute Gasteiger partial charge is 0.414 e. The molecule has 1 saturated heterocycles. The molecule has 1 aliphatic heterocycles. The van der Waals surface area contributed by atoms with Gasteiger partial charge in [-0.15, -0.1) is 0 Å². The first kappa shape index (κ1) is 45.4. The van der Waals surface area contributed by atoms with Crippen molar-refractivity contribution in [2.24, 2.45) is 0 Å². The SMILES string of the molecule is CC(C)(C)[Si](C)(C)OC[C@H]1O[C@@H](n2cnc3c(N(Cc4ccccc4)C(=O)c4ccc([N+](=O)[O-])cc4)ncnc32)[C@H](O[Si](C)(C)C(C)(C)C)[C@@H]1O[Si](C)(C)C(C)(C)C. The number of ether oxygens (including phenoxy) is 1. The zero-order valence-electron chi connectivity index (χ0n) is 37.1. The lowest BCUT2D eigenvalue weighted by Crippen LogP contribution is -2.54. The number of amides is 1. The fourth-order valence-corrected chi connectivity index (χ4v) is 9.61. The predicted octanol–water partition coefficient (Wildman–Crippen LogP) is 10.3. The molecule has 1 aliphatic rings. The number of carbonyl (C=O) groups excluding carboxylic acids is 1.